The van der Waals surface area contributed by atoms with Crippen LogP contribution in [0.25, 0.3) is 0 Å². The SMILES string of the molecule is CCOc1ccc(/C=N/OCc2ccccc2C#N)cc1OC. The van der Waals surface area contributed by atoms with E-state index >= 15 is 0 Å². The van der Waals surface area contributed by atoms with Gasteiger partial charge < -0.3 is 14.3 Å². The number of nitriles is 1. The van der Waals surface area contributed by atoms with Crippen LogP contribution >= 0.6 is 0 Å². The minimum Gasteiger partial charge on any atom is -0.493 e. The molecule has 2 aromatic carbocycles. The Hall–Kier alpha value is -3.00. The van der Waals surface area contributed by atoms with Crippen LogP contribution in [0.15, 0.2) is 47.6 Å². The van der Waals surface area contributed by atoms with E-state index in [2.05, 4.69) is 11.2 Å². The number of benzene rings is 2. The molecule has 0 bridgehead atoms. The fourth-order valence-electron chi connectivity index (χ4n) is 2.00. The first-order valence-corrected chi connectivity index (χ1v) is 7.22. The average Bonchev–Trinajstić information content (AvgIpc) is 2.60. The second-order valence-electron chi connectivity index (χ2n) is 4.62. The topological polar surface area (TPSA) is 63.8 Å². The highest BCUT2D eigenvalue weighted by atomic mass is 16.6. The molecule has 0 spiro atoms. The summed E-state index contributed by atoms with van der Waals surface area (Å²) in [4.78, 5) is 5.26. The van der Waals surface area contributed by atoms with Crippen LogP contribution in [0, 0.1) is 11.3 Å². The maximum absolute atomic E-state index is 9.01. The molecule has 0 atom stereocenters. The van der Waals surface area contributed by atoms with Crippen LogP contribution in [0.1, 0.15) is 23.6 Å². The van der Waals surface area contributed by atoms with E-state index in [1.54, 1.807) is 19.4 Å². The van der Waals surface area contributed by atoms with E-state index in [4.69, 9.17) is 19.6 Å². The van der Waals surface area contributed by atoms with Crippen molar-refractivity contribution in [2.24, 2.45) is 5.16 Å². The van der Waals surface area contributed by atoms with Gasteiger partial charge in [-0.3, -0.25) is 0 Å². The number of oxime groups is 1. The van der Waals surface area contributed by atoms with Crippen molar-refractivity contribution in [3.8, 4) is 17.6 Å². The third kappa shape index (κ3) is 4.48. The van der Waals surface area contributed by atoms with Gasteiger partial charge in [-0.2, -0.15) is 5.26 Å². The number of nitrogens with zero attached hydrogens (tertiary/aromatic N) is 2. The first-order valence-electron chi connectivity index (χ1n) is 7.22. The van der Waals surface area contributed by atoms with Crippen molar-refractivity contribution >= 4 is 6.21 Å². The van der Waals surface area contributed by atoms with Gasteiger partial charge in [0.2, 0.25) is 0 Å². The molecule has 0 N–H and O–H groups in total. The van der Waals surface area contributed by atoms with Gasteiger partial charge in [-0.05, 0) is 31.2 Å². The lowest BCUT2D eigenvalue weighted by Crippen LogP contribution is -1.96. The molecule has 5 heteroatoms. The molecule has 0 heterocycles. The highest BCUT2D eigenvalue weighted by Gasteiger charge is 2.04. The second-order valence-corrected chi connectivity index (χ2v) is 4.62. The summed E-state index contributed by atoms with van der Waals surface area (Å²) in [6.07, 6.45) is 1.59. The van der Waals surface area contributed by atoms with E-state index in [1.165, 1.54) is 0 Å². The van der Waals surface area contributed by atoms with Gasteiger partial charge in [0.1, 0.15) is 6.61 Å². The summed E-state index contributed by atoms with van der Waals surface area (Å²) in [5.41, 5.74) is 2.22. The van der Waals surface area contributed by atoms with Crippen molar-refractivity contribution < 1.29 is 14.3 Å². The number of ether oxygens (including phenoxy) is 2. The molecule has 118 valence electrons. The molecular weight excluding hydrogens is 292 g/mol. The second kappa shape index (κ2) is 8.44. The molecule has 23 heavy (non-hydrogen) atoms. The van der Waals surface area contributed by atoms with Gasteiger partial charge in [0.05, 0.1) is 31.6 Å². The van der Waals surface area contributed by atoms with Crippen molar-refractivity contribution in [2.45, 2.75) is 13.5 Å². The van der Waals surface area contributed by atoms with Gasteiger partial charge in [-0.25, -0.2) is 0 Å². The van der Waals surface area contributed by atoms with Gasteiger partial charge in [0, 0.05) is 11.1 Å². The van der Waals surface area contributed by atoms with E-state index in [9.17, 15) is 0 Å². The monoisotopic (exact) mass is 310 g/mol. The molecule has 0 saturated carbocycles. The first kappa shape index (κ1) is 16.4. The molecule has 0 unspecified atom stereocenters. The van der Waals surface area contributed by atoms with Crippen molar-refractivity contribution in [1.82, 2.24) is 0 Å². The van der Waals surface area contributed by atoms with Crippen molar-refractivity contribution in [3.05, 3.63) is 59.2 Å². The van der Waals surface area contributed by atoms with Crippen LogP contribution in [0.4, 0.5) is 0 Å². The fourth-order valence-corrected chi connectivity index (χ4v) is 2.00. The number of hydrogen-bond acceptors (Lipinski definition) is 5. The molecule has 0 amide bonds. The van der Waals surface area contributed by atoms with Crippen LogP contribution in [0.5, 0.6) is 11.5 Å². The van der Waals surface area contributed by atoms with Gasteiger partial charge in [-0.1, -0.05) is 23.4 Å². The molecule has 0 fully saturated rings. The molecule has 0 aliphatic rings. The van der Waals surface area contributed by atoms with Crippen LogP contribution in [-0.2, 0) is 11.4 Å². The summed E-state index contributed by atoms with van der Waals surface area (Å²) in [5, 5.41) is 12.9. The molecule has 0 aliphatic carbocycles. The third-order valence-electron chi connectivity index (χ3n) is 3.12. The Kier molecular flexibility index (Phi) is 6.01. The van der Waals surface area contributed by atoms with E-state index in [1.807, 2.05) is 43.3 Å². The van der Waals surface area contributed by atoms with Crippen LogP contribution in [0.3, 0.4) is 0 Å². The van der Waals surface area contributed by atoms with E-state index in [0.717, 1.165) is 11.1 Å². The maximum atomic E-state index is 9.01. The quantitative estimate of drug-likeness (QED) is 0.580. The summed E-state index contributed by atoms with van der Waals surface area (Å²) in [5.74, 6) is 1.33. The predicted molar refractivity (Wildman–Crippen MR) is 87.7 cm³/mol. The molecule has 0 aromatic heterocycles. The predicted octanol–water partition coefficient (Wildman–Crippen LogP) is 3.52. The normalized spacial score (nSPS) is 10.3. The molecule has 5 nitrogen and oxygen atoms in total. The van der Waals surface area contributed by atoms with E-state index in [-0.39, 0.29) is 6.61 Å². The number of methoxy groups -OCH3 is 1. The first-order chi connectivity index (χ1) is 11.3. The molecule has 0 aliphatic heterocycles. The molecule has 2 rings (SSSR count). The average molecular weight is 310 g/mol. The lowest BCUT2D eigenvalue weighted by Gasteiger charge is -2.09. The Balaban J connectivity index is 1.99. The van der Waals surface area contributed by atoms with E-state index in [0.29, 0.717) is 23.7 Å². The van der Waals surface area contributed by atoms with Crippen molar-refractivity contribution in [1.29, 1.82) is 5.26 Å². The minimum absolute atomic E-state index is 0.244. The van der Waals surface area contributed by atoms with E-state index < -0.39 is 0 Å². The van der Waals surface area contributed by atoms with Gasteiger partial charge in [-0.15, -0.1) is 0 Å². The number of hydrogen-bond donors (Lipinski definition) is 0. The summed E-state index contributed by atoms with van der Waals surface area (Å²) < 4.78 is 10.7. The van der Waals surface area contributed by atoms with Crippen molar-refractivity contribution in [2.75, 3.05) is 13.7 Å². The van der Waals surface area contributed by atoms with Crippen LogP contribution < -0.4 is 9.47 Å². The molecular formula is C18H18N2O3. The molecule has 2 aromatic rings. The Morgan fingerprint density at radius 1 is 1.17 bits per heavy atom. The number of rotatable bonds is 7. The largest absolute Gasteiger partial charge is 0.493 e. The lowest BCUT2D eigenvalue weighted by atomic mass is 10.1. The zero-order chi connectivity index (χ0) is 16.5. The summed E-state index contributed by atoms with van der Waals surface area (Å²) in [6, 6.07) is 14.9. The third-order valence-corrected chi connectivity index (χ3v) is 3.12. The summed E-state index contributed by atoms with van der Waals surface area (Å²) in [7, 11) is 1.59. The Labute approximate surface area is 135 Å². The van der Waals surface area contributed by atoms with Crippen molar-refractivity contribution in [3.63, 3.8) is 0 Å². The highest BCUT2D eigenvalue weighted by Crippen LogP contribution is 2.27. The smallest absolute Gasteiger partial charge is 0.161 e. The molecule has 0 saturated heterocycles. The summed E-state index contributed by atoms with van der Waals surface area (Å²) >= 11 is 0. The summed E-state index contributed by atoms with van der Waals surface area (Å²) in [6.45, 7) is 2.74. The Bertz CT molecular complexity index is 720. The Morgan fingerprint density at radius 3 is 2.74 bits per heavy atom. The standard InChI is InChI=1S/C18H18N2O3/c1-3-22-17-9-8-14(10-18(17)21-2)12-20-23-13-16-7-5-4-6-15(16)11-19/h4-10,12H,3,13H2,1-2H3/b20-12+. The highest BCUT2D eigenvalue weighted by molar-refractivity contribution is 5.80. The van der Waals surface area contributed by atoms with Gasteiger partial charge >= 0.3 is 0 Å². The fraction of sp³-hybridized carbons (Fsp3) is 0.222. The lowest BCUT2D eigenvalue weighted by molar-refractivity contribution is 0.132. The zero-order valence-electron chi connectivity index (χ0n) is 13.2. The van der Waals surface area contributed by atoms with Gasteiger partial charge in [0.25, 0.3) is 0 Å². The Morgan fingerprint density at radius 2 is 2.00 bits per heavy atom. The van der Waals surface area contributed by atoms with Crippen LogP contribution in [0.2, 0.25) is 0 Å². The minimum atomic E-state index is 0.244. The van der Waals surface area contributed by atoms with Gasteiger partial charge in [0.15, 0.2) is 11.5 Å². The maximum Gasteiger partial charge on any atom is 0.161 e. The van der Waals surface area contributed by atoms with Crippen LogP contribution in [-0.4, -0.2) is 19.9 Å². The molecule has 0 radical (unpaired) electrons. The zero-order valence-corrected chi connectivity index (χ0v) is 13.2.